The summed E-state index contributed by atoms with van der Waals surface area (Å²) in [5, 5.41) is 0. The Bertz CT molecular complexity index is 4360. The summed E-state index contributed by atoms with van der Waals surface area (Å²) in [6.45, 7) is 33.8. The summed E-state index contributed by atoms with van der Waals surface area (Å²) in [4.78, 5) is 0. The predicted octanol–water partition coefficient (Wildman–Crippen LogP) is 20.7. The van der Waals surface area contributed by atoms with Gasteiger partial charge in [0, 0.05) is 38.9 Å². The molecule has 0 heterocycles. The Kier molecular flexibility index (Phi) is 15.3. The molecule has 0 saturated carbocycles. The Morgan fingerprint density at radius 2 is 0.349 bits per heavy atom. The van der Waals surface area contributed by atoms with E-state index >= 15 is 0 Å². The van der Waals surface area contributed by atoms with Crippen LogP contribution >= 0.6 is 0 Å². The molecule has 0 nitrogen and oxygen atoms in total. The minimum atomic E-state index is -0.0235. The van der Waals surface area contributed by atoms with Crippen LogP contribution in [0.1, 0.15) is 187 Å². The third-order valence-electron chi connectivity index (χ3n) is 16.8. The zero-order valence-electron chi connectivity index (χ0n) is 52.9. The van der Waals surface area contributed by atoms with Gasteiger partial charge in [0.2, 0.25) is 0 Å². The third kappa shape index (κ3) is 12.4. The number of rotatable bonds is 0. The lowest BCUT2D eigenvalue weighted by atomic mass is 9.88. The Labute approximate surface area is 514 Å². The number of hydrogen-bond acceptors (Lipinski definition) is 0. The minimum Gasteiger partial charge on any atom is -0.0610 e. The van der Waals surface area contributed by atoms with Crippen molar-refractivity contribution in [1.82, 2.24) is 0 Å². The van der Waals surface area contributed by atoms with Gasteiger partial charge < -0.3 is 0 Å². The molecule has 0 heteroatoms. The molecule has 420 valence electrons. The lowest BCUT2D eigenvalue weighted by molar-refractivity contribution is 0.590. The molecule has 10 aliphatic carbocycles. The molecule has 0 unspecified atom stereocenters. The number of benzene rings is 1. The van der Waals surface area contributed by atoms with Crippen molar-refractivity contribution in [2.24, 2.45) is 0 Å². The topological polar surface area (TPSA) is 0 Å². The summed E-state index contributed by atoms with van der Waals surface area (Å²) in [5.74, 6) is 37.4. The largest absolute Gasteiger partial charge is 0.0610 e. The zero-order chi connectivity index (χ0) is 60.9. The van der Waals surface area contributed by atoms with Gasteiger partial charge in [-0.3, -0.25) is 0 Å². The Balaban J connectivity index is 1.22. The van der Waals surface area contributed by atoms with Crippen molar-refractivity contribution in [2.75, 3.05) is 0 Å². The molecule has 0 fully saturated rings. The SMILES string of the molecule is CC(C)(C)c1ccc2ccc(C#Cc3cc(C#Cc4ccc5ccc(C(C)(C)C)ccc4-5)c(C#Cc4ccc5ccc(C(C)(C)C)ccc4-5)c(C#Cc4ccc5ccc(C(C)(C)C)ccc4-5)c3C#Cc3ccc4ccc(C(C)(C)C)ccc3-4)c-2cc1. The van der Waals surface area contributed by atoms with Crippen molar-refractivity contribution in [3.8, 4) is 115 Å². The van der Waals surface area contributed by atoms with Crippen LogP contribution < -0.4 is 0 Å². The predicted molar refractivity (Wildman–Crippen MR) is 365 cm³/mol. The fraction of sp³-hybridized carbons (Fsp3) is 0.233. The number of hydrogen-bond donors (Lipinski definition) is 0. The summed E-state index contributed by atoms with van der Waals surface area (Å²) in [7, 11) is 0. The first kappa shape index (κ1) is 58.3. The first-order valence-corrected chi connectivity index (χ1v) is 30.2. The van der Waals surface area contributed by atoms with Gasteiger partial charge in [0.25, 0.3) is 0 Å². The Morgan fingerprint density at radius 3 is 0.570 bits per heavy atom. The van der Waals surface area contributed by atoms with E-state index in [1.54, 1.807) is 0 Å². The fourth-order valence-electron chi connectivity index (χ4n) is 11.2. The maximum atomic E-state index is 3.81. The molecular formula is C86H76. The van der Waals surface area contributed by atoms with Crippen LogP contribution in [0.25, 0.3) is 55.6 Å². The molecule has 0 atom stereocenters. The highest BCUT2D eigenvalue weighted by molar-refractivity contribution is 5.82. The maximum absolute atomic E-state index is 3.81. The van der Waals surface area contributed by atoms with E-state index in [0.29, 0.717) is 16.7 Å². The van der Waals surface area contributed by atoms with Crippen molar-refractivity contribution in [1.29, 1.82) is 0 Å². The van der Waals surface area contributed by atoms with E-state index in [1.807, 2.05) is 0 Å². The molecule has 0 aliphatic heterocycles. The molecule has 11 rings (SSSR count). The maximum Gasteiger partial charge on any atom is 0.0587 e. The highest BCUT2D eigenvalue weighted by Crippen LogP contribution is 2.37. The quantitative estimate of drug-likeness (QED) is 0.133. The van der Waals surface area contributed by atoms with E-state index in [9.17, 15) is 0 Å². The van der Waals surface area contributed by atoms with E-state index in [1.165, 1.54) is 27.8 Å². The summed E-state index contributed by atoms with van der Waals surface area (Å²) in [6.07, 6.45) is 0. The molecule has 0 bridgehead atoms. The lowest BCUT2D eigenvalue weighted by Gasteiger charge is -2.17. The third-order valence-corrected chi connectivity index (χ3v) is 16.8. The molecule has 0 aromatic heterocycles. The van der Waals surface area contributed by atoms with Gasteiger partial charge in [-0.2, -0.15) is 0 Å². The van der Waals surface area contributed by atoms with Crippen LogP contribution in [-0.4, -0.2) is 0 Å². The summed E-state index contributed by atoms with van der Waals surface area (Å²) < 4.78 is 0. The van der Waals surface area contributed by atoms with Gasteiger partial charge in [-0.25, -0.2) is 0 Å². The first-order chi connectivity index (χ1) is 40.8. The summed E-state index contributed by atoms with van der Waals surface area (Å²) in [5.41, 5.74) is 25.5. The Hall–Kier alpha value is -9.48. The highest BCUT2D eigenvalue weighted by Gasteiger charge is 2.22. The van der Waals surface area contributed by atoms with Crippen LogP contribution in [0.3, 0.4) is 0 Å². The van der Waals surface area contributed by atoms with Crippen molar-refractivity contribution in [3.63, 3.8) is 0 Å². The molecule has 10 aliphatic rings. The molecule has 0 N–H and O–H groups in total. The molecule has 86 heavy (non-hydrogen) atoms. The van der Waals surface area contributed by atoms with Crippen molar-refractivity contribution in [3.05, 3.63) is 272 Å². The molecule has 0 saturated heterocycles. The van der Waals surface area contributed by atoms with Gasteiger partial charge in [-0.05, 0) is 147 Å². The van der Waals surface area contributed by atoms with Crippen molar-refractivity contribution >= 4 is 0 Å². The van der Waals surface area contributed by atoms with Gasteiger partial charge in [0.15, 0.2) is 0 Å². The second-order valence-corrected chi connectivity index (χ2v) is 28.3. The monoisotopic (exact) mass is 1110 g/mol. The van der Waals surface area contributed by atoms with Crippen LogP contribution in [0.4, 0.5) is 0 Å². The van der Waals surface area contributed by atoms with Gasteiger partial charge >= 0.3 is 0 Å². The molecule has 0 radical (unpaired) electrons. The van der Waals surface area contributed by atoms with E-state index in [0.717, 1.165) is 94.6 Å². The van der Waals surface area contributed by atoms with E-state index < -0.39 is 0 Å². The Morgan fingerprint density at radius 1 is 0.174 bits per heavy atom. The van der Waals surface area contributed by atoms with Crippen LogP contribution in [0.5, 0.6) is 0 Å². The standard InChI is InChI=1S/C86H76/c1-82(2,3)69-38-30-59-18-16-57(74(59)51-43-69)26-28-67-56-68(29-27-58-17-19-60-31-39-70(83(4,5)6)44-52-75(58)60)80(49-36-65-24-21-62-33-41-72(85(10,11)12)46-54-77(62)65)81(50-37-66-25-22-63-34-42-73(86(13,14)15)47-55-78(63)66)79(67)48-35-64-23-20-61-32-40-71(84(7,8)9)45-53-76(61)64/h16-25,30-34,38-47,51-56H,1-15H3. The second kappa shape index (κ2) is 22.5. The molecular weight excluding hydrogens is 1030 g/mol. The van der Waals surface area contributed by atoms with Gasteiger partial charge in [0.05, 0.1) is 16.7 Å². The smallest absolute Gasteiger partial charge is 0.0587 e. The summed E-state index contributed by atoms with van der Waals surface area (Å²) >= 11 is 0. The van der Waals surface area contributed by atoms with Gasteiger partial charge in [0.1, 0.15) is 0 Å². The van der Waals surface area contributed by atoms with E-state index in [4.69, 9.17) is 0 Å². The average molecular weight is 1110 g/mol. The van der Waals surface area contributed by atoms with Gasteiger partial charge in [-0.15, -0.1) is 0 Å². The molecule has 1 aromatic rings. The molecule has 0 spiro atoms. The van der Waals surface area contributed by atoms with Crippen LogP contribution in [0, 0.1) is 59.2 Å². The summed E-state index contributed by atoms with van der Waals surface area (Å²) in [6, 6.07) is 68.2. The molecule has 0 amide bonds. The lowest BCUT2D eigenvalue weighted by Crippen LogP contribution is -2.09. The van der Waals surface area contributed by atoms with Crippen LogP contribution in [0.15, 0.2) is 188 Å². The van der Waals surface area contributed by atoms with E-state index in [2.05, 4.69) is 351 Å². The molecule has 1 aromatic carbocycles. The average Bonchev–Trinajstić information content (AvgIpc) is 2.29. The van der Waals surface area contributed by atoms with Crippen molar-refractivity contribution < 1.29 is 0 Å². The minimum absolute atomic E-state index is 0.0122. The normalized spacial score (nSPS) is 11.9. The van der Waals surface area contributed by atoms with Crippen LogP contribution in [0.2, 0.25) is 0 Å². The zero-order valence-corrected chi connectivity index (χ0v) is 52.9. The fourth-order valence-corrected chi connectivity index (χ4v) is 11.2. The first-order valence-electron chi connectivity index (χ1n) is 30.2. The van der Waals surface area contributed by atoms with Gasteiger partial charge in [-0.1, -0.05) is 315 Å². The number of fused-ring (bicyclic) bond motifs is 5. The van der Waals surface area contributed by atoms with Crippen LogP contribution in [-0.2, 0) is 27.1 Å². The second-order valence-electron chi connectivity index (χ2n) is 28.3. The van der Waals surface area contributed by atoms with Crippen molar-refractivity contribution in [2.45, 2.75) is 131 Å². The highest BCUT2D eigenvalue weighted by atomic mass is 14.2. The van der Waals surface area contributed by atoms with E-state index in [-0.39, 0.29) is 27.1 Å².